The normalized spacial score (nSPS) is 15.3. The van der Waals surface area contributed by atoms with E-state index in [1.54, 1.807) is 48.5 Å². The van der Waals surface area contributed by atoms with Crippen LogP contribution >= 0.6 is 0 Å². The average Bonchev–Trinajstić information content (AvgIpc) is 2.74. The first-order chi connectivity index (χ1) is 14.0. The maximum Gasteiger partial charge on any atom is 0.305 e. The highest BCUT2D eigenvalue weighted by Gasteiger charge is 2.22. The molecule has 1 atom stereocenters. The van der Waals surface area contributed by atoms with Crippen molar-refractivity contribution < 1.29 is 19.5 Å². The summed E-state index contributed by atoms with van der Waals surface area (Å²) >= 11 is 0. The van der Waals surface area contributed by atoms with Gasteiger partial charge in [-0.2, -0.15) is 0 Å². The molecule has 0 aliphatic heterocycles. The molecule has 0 radical (unpaired) electrons. The van der Waals surface area contributed by atoms with Gasteiger partial charge in [0, 0.05) is 17.2 Å². The van der Waals surface area contributed by atoms with Crippen molar-refractivity contribution in [3.8, 4) is 0 Å². The third-order valence-electron chi connectivity index (χ3n) is 5.25. The highest BCUT2D eigenvalue weighted by molar-refractivity contribution is 5.98. The molecule has 0 heterocycles. The van der Waals surface area contributed by atoms with E-state index in [1.165, 1.54) is 6.42 Å². The second-order valence-corrected chi connectivity index (χ2v) is 7.44. The first kappa shape index (κ1) is 20.6. The predicted octanol–water partition coefficient (Wildman–Crippen LogP) is 4.15. The molecule has 0 saturated heterocycles. The second kappa shape index (κ2) is 9.87. The van der Waals surface area contributed by atoms with Gasteiger partial charge in [0.15, 0.2) is 0 Å². The Labute approximate surface area is 170 Å². The number of carbonyl (C=O) groups is 3. The van der Waals surface area contributed by atoms with Crippen LogP contribution in [-0.4, -0.2) is 22.9 Å². The van der Waals surface area contributed by atoms with Crippen LogP contribution in [0.25, 0.3) is 0 Å². The monoisotopic (exact) mass is 394 g/mol. The zero-order chi connectivity index (χ0) is 20.6. The summed E-state index contributed by atoms with van der Waals surface area (Å²) in [6.45, 7) is 0. The van der Waals surface area contributed by atoms with Crippen molar-refractivity contribution in [2.45, 2.75) is 44.6 Å². The van der Waals surface area contributed by atoms with Crippen molar-refractivity contribution in [2.75, 3.05) is 5.32 Å². The summed E-state index contributed by atoms with van der Waals surface area (Å²) < 4.78 is 0. The Hall–Kier alpha value is -3.15. The number of benzene rings is 2. The van der Waals surface area contributed by atoms with Crippen molar-refractivity contribution in [2.24, 2.45) is 5.92 Å². The maximum absolute atomic E-state index is 12.7. The van der Waals surface area contributed by atoms with Gasteiger partial charge < -0.3 is 15.7 Å². The number of rotatable bonds is 7. The lowest BCUT2D eigenvalue weighted by Gasteiger charge is -2.21. The van der Waals surface area contributed by atoms with Crippen LogP contribution in [0.2, 0.25) is 0 Å². The van der Waals surface area contributed by atoms with Gasteiger partial charge in [0.05, 0.1) is 12.5 Å². The molecule has 152 valence electrons. The van der Waals surface area contributed by atoms with Gasteiger partial charge in [-0.1, -0.05) is 55.7 Å². The Balaban J connectivity index is 1.69. The van der Waals surface area contributed by atoms with E-state index >= 15 is 0 Å². The molecule has 29 heavy (non-hydrogen) atoms. The molecule has 6 nitrogen and oxygen atoms in total. The van der Waals surface area contributed by atoms with Crippen molar-refractivity contribution in [1.29, 1.82) is 0 Å². The van der Waals surface area contributed by atoms with Gasteiger partial charge >= 0.3 is 5.97 Å². The van der Waals surface area contributed by atoms with Crippen molar-refractivity contribution in [3.05, 3.63) is 65.7 Å². The number of aliphatic carboxylic acids is 1. The number of carboxylic acid groups (broad SMARTS) is 1. The lowest BCUT2D eigenvalue weighted by molar-refractivity contribution is -0.137. The number of hydrogen-bond acceptors (Lipinski definition) is 3. The van der Waals surface area contributed by atoms with E-state index in [-0.39, 0.29) is 24.2 Å². The van der Waals surface area contributed by atoms with Gasteiger partial charge in [-0.15, -0.1) is 0 Å². The largest absolute Gasteiger partial charge is 0.481 e. The lowest BCUT2D eigenvalue weighted by Crippen LogP contribution is -2.30. The molecular formula is C23H26N2O4. The highest BCUT2D eigenvalue weighted by Crippen LogP contribution is 2.25. The number of carbonyl (C=O) groups excluding carboxylic acids is 2. The predicted molar refractivity (Wildman–Crippen MR) is 111 cm³/mol. The zero-order valence-electron chi connectivity index (χ0n) is 16.3. The minimum atomic E-state index is -0.993. The van der Waals surface area contributed by atoms with Crippen LogP contribution in [0, 0.1) is 5.92 Å². The number of carboxylic acids is 1. The Morgan fingerprint density at radius 1 is 0.966 bits per heavy atom. The molecule has 0 spiro atoms. The molecule has 2 aromatic carbocycles. The Morgan fingerprint density at radius 3 is 2.38 bits per heavy atom. The number of nitrogens with one attached hydrogen (secondary N) is 2. The maximum atomic E-state index is 12.7. The Bertz CT molecular complexity index is 860. The minimum absolute atomic E-state index is 0.00435. The first-order valence-corrected chi connectivity index (χ1v) is 10.0. The smallest absolute Gasteiger partial charge is 0.305 e. The summed E-state index contributed by atoms with van der Waals surface area (Å²) in [4.78, 5) is 36.4. The van der Waals surface area contributed by atoms with Crippen LogP contribution in [0.1, 0.15) is 60.5 Å². The summed E-state index contributed by atoms with van der Waals surface area (Å²) in [5.74, 6) is -1.35. The molecule has 2 amide bonds. The van der Waals surface area contributed by atoms with Crippen LogP contribution in [0.4, 0.5) is 5.69 Å². The second-order valence-electron chi connectivity index (χ2n) is 7.44. The summed E-state index contributed by atoms with van der Waals surface area (Å²) in [6.07, 6.45) is 4.92. The summed E-state index contributed by atoms with van der Waals surface area (Å²) in [7, 11) is 0. The SMILES string of the molecule is O=C(O)CC(NC(=O)c1cccc(NC(=O)C2CCCCC2)c1)c1ccccc1. The van der Waals surface area contributed by atoms with Crippen LogP contribution in [0.3, 0.4) is 0 Å². The van der Waals surface area contributed by atoms with Crippen molar-refractivity contribution in [3.63, 3.8) is 0 Å². The molecule has 3 N–H and O–H groups in total. The lowest BCUT2D eigenvalue weighted by atomic mass is 9.88. The van der Waals surface area contributed by atoms with Crippen molar-refractivity contribution >= 4 is 23.5 Å². The van der Waals surface area contributed by atoms with Gasteiger partial charge in [0.25, 0.3) is 5.91 Å². The van der Waals surface area contributed by atoms with Gasteiger partial charge in [0.2, 0.25) is 5.91 Å². The van der Waals surface area contributed by atoms with Gasteiger partial charge in [-0.05, 0) is 36.6 Å². The summed E-state index contributed by atoms with van der Waals surface area (Å²) in [6, 6.07) is 15.1. The number of anilines is 1. The van der Waals surface area contributed by atoms with Crippen molar-refractivity contribution in [1.82, 2.24) is 5.32 Å². The third-order valence-corrected chi connectivity index (χ3v) is 5.25. The molecule has 6 heteroatoms. The van der Waals surface area contributed by atoms with E-state index in [1.807, 2.05) is 6.07 Å². The van der Waals surface area contributed by atoms with E-state index < -0.39 is 12.0 Å². The molecular weight excluding hydrogens is 368 g/mol. The third kappa shape index (κ3) is 5.91. The van der Waals surface area contributed by atoms with E-state index in [2.05, 4.69) is 10.6 Å². The molecule has 1 saturated carbocycles. The summed E-state index contributed by atoms with van der Waals surface area (Å²) in [5, 5.41) is 14.9. The Kier molecular flexibility index (Phi) is 7.00. The zero-order valence-corrected chi connectivity index (χ0v) is 16.3. The topological polar surface area (TPSA) is 95.5 Å². The standard InChI is InChI=1S/C23H26N2O4/c26-21(27)15-20(16-8-3-1-4-9-16)25-23(29)18-12-7-13-19(14-18)24-22(28)17-10-5-2-6-11-17/h1,3-4,7-9,12-14,17,20H,2,5-6,10-11,15H2,(H,24,28)(H,25,29)(H,26,27). The average molecular weight is 394 g/mol. The van der Waals surface area contributed by atoms with Gasteiger partial charge in [-0.25, -0.2) is 0 Å². The molecule has 2 aromatic rings. The van der Waals surface area contributed by atoms with Crippen LogP contribution in [-0.2, 0) is 9.59 Å². The molecule has 0 bridgehead atoms. The summed E-state index contributed by atoms with van der Waals surface area (Å²) in [5.41, 5.74) is 1.67. The van der Waals surface area contributed by atoms with E-state index in [0.29, 0.717) is 11.3 Å². The van der Waals surface area contributed by atoms with E-state index in [9.17, 15) is 19.5 Å². The Morgan fingerprint density at radius 2 is 1.69 bits per heavy atom. The number of hydrogen-bond donors (Lipinski definition) is 3. The first-order valence-electron chi connectivity index (χ1n) is 10.0. The van der Waals surface area contributed by atoms with E-state index in [4.69, 9.17) is 0 Å². The number of amides is 2. The molecule has 1 aliphatic rings. The molecule has 0 aromatic heterocycles. The highest BCUT2D eigenvalue weighted by atomic mass is 16.4. The fourth-order valence-electron chi connectivity index (χ4n) is 3.70. The van der Waals surface area contributed by atoms with Crippen LogP contribution in [0.5, 0.6) is 0 Å². The van der Waals surface area contributed by atoms with Gasteiger partial charge in [0.1, 0.15) is 0 Å². The fraction of sp³-hybridized carbons (Fsp3) is 0.348. The quantitative estimate of drug-likeness (QED) is 0.657. The minimum Gasteiger partial charge on any atom is -0.481 e. The fourth-order valence-corrected chi connectivity index (χ4v) is 3.70. The molecule has 1 fully saturated rings. The molecule has 1 aliphatic carbocycles. The van der Waals surface area contributed by atoms with Gasteiger partial charge in [-0.3, -0.25) is 14.4 Å². The van der Waals surface area contributed by atoms with E-state index in [0.717, 1.165) is 31.2 Å². The van der Waals surface area contributed by atoms with Crippen LogP contribution in [0.15, 0.2) is 54.6 Å². The molecule has 3 rings (SSSR count). The molecule has 1 unspecified atom stereocenters. The van der Waals surface area contributed by atoms with Crippen LogP contribution < -0.4 is 10.6 Å².